The maximum absolute atomic E-state index is 13.5. The Hall–Kier alpha value is -1.49. The van der Waals surface area contributed by atoms with Crippen LogP contribution in [0.2, 0.25) is 0 Å². The Morgan fingerprint density at radius 1 is 1.41 bits per heavy atom. The minimum Gasteiger partial charge on any atom is -0.464 e. The van der Waals surface area contributed by atoms with Crippen LogP contribution in [0.15, 0.2) is 30.3 Å². The van der Waals surface area contributed by atoms with E-state index in [0.717, 1.165) is 0 Å². The van der Waals surface area contributed by atoms with Gasteiger partial charge in [0.25, 0.3) is 5.92 Å². The van der Waals surface area contributed by atoms with Crippen molar-refractivity contribution in [1.82, 2.24) is 0 Å². The fourth-order valence-corrected chi connectivity index (χ4v) is 1.36. The predicted molar refractivity (Wildman–Crippen MR) is 57.7 cm³/mol. The van der Waals surface area contributed by atoms with Gasteiger partial charge >= 0.3 is 5.97 Å². The van der Waals surface area contributed by atoms with Gasteiger partial charge in [0.2, 0.25) is 6.10 Å². The van der Waals surface area contributed by atoms with E-state index in [1.807, 2.05) is 0 Å². The Bertz CT molecular complexity index is 365. The van der Waals surface area contributed by atoms with Crippen molar-refractivity contribution in [1.29, 1.82) is 0 Å². The highest BCUT2D eigenvalue weighted by molar-refractivity contribution is 5.75. The van der Waals surface area contributed by atoms with E-state index in [1.54, 1.807) is 18.2 Å². The van der Waals surface area contributed by atoms with Gasteiger partial charge in [0.15, 0.2) is 0 Å². The van der Waals surface area contributed by atoms with Crippen molar-refractivity contribution < 1.29 is 23.4 Å². The molecule has 1 N–H and O–H groups in total. The monoisotopic (exact) mass is 244 g/mol. The first-order valence-corrected chi connectivity index (χ1v) is 5.24. The Kier molecular flexibility index (Phi) is 4.57. The molecule has 1 rings (SSSR count). The van der Waals surface area contributed by atoms with E-state index in [2.05, 4.69) is 4.74 Å². The molecule has 0 spiro atoms. The van der Waals surface area contributed by atoms with Crippen molar-refractivity contribution in [3.8, 4) is 0 Å². The molecule has 1 aromatic rings. The van der Waals surface area contributed by atoms with Gasteiger partial charge in [0, 0.05) is 6.42 Å². The van der Waals surface area contributed by atoms with Crippen LogP contribution in [0.4, 0.5) is 8.78 Å². The van der Waals surface area contributed by atoms with E-state index in [9.17, 15) is 18.7 Å². The number of hydrogen-bond donors (Lipinski definition) is 1. The van der Waals surface area contributed by atoms with E-state index in [4.69, 9.17) is 0 Å². The number of esters is 1. The van der Waals surface area contributed by atoms with E-state index < -0.39 is 24.4 Å². The molecule has 0 radical (unpaired) electrons. The summed E-state index contributed by atoms with van der Waals surface area (Å²) in [5, 5.41) is 9.21. The summed E-state index contributed by atoms with van der Waals surface area (Å²) in [4.78, 5) is 11.0. The topological polar surface area (TPSA) is 46.5 Å². The van der Waals surface area contributed by atoms with Crippen molar-refractivity contribution >= 4 is 5.97 Å². The minimum absolute atomic E-state index is 0.0443. The summed E-state index contributed by atoms with van der Waals surface area (Å²) in [6, 6.07) is 7.94. The predicted octanol–water partition coefficient (Wildman–Crippen LogP) is 1.79. The van der Waals surface area contributed by atoms with Crippen LogP contribution in [0.1, 0.15) is 12.5 Å². The summed E-state index contributed by atoms with van der Waals surface area (Å²) < 4.78 is 31.4. The van der Waals surface area contributed by atoms with Gasteiger partial charge in [-0.3, -0.25) is 0 Å². The molecule has 0 saturated heterocycles. The van der Waals surface area contributed by atoms with E-state index in [1.165, 1.54) is 19.1 Å². The number of carbonyl (C=O) groups excluding carboxylic acids is 1. The lowest BCUT2D eigenvalue weighted by Crippen LogP contribution is -2.42. The zero-order chi connectivity index (χ0) is 12.9. The molecule has 0 aromatic heterocycles. The van der Waals surface area contributed by atoms with Gasteiger partial charge in [-0.15, -0.1) is 0 Å². The van der Waals surface area contributed by atoms with E-state index in [0.29, 0.717) is 5.56 Å². The van der Waals surface area contributed by atoms with Crippen molar-refractivity contribution in [3.63, 3.8) is 0 Å². The van der Waals surface area contributed by atoms with Gasteiger partial charge in [-0.2, -0.15) is 0 Å². The van der Waals surface area contributed by atoms with Crippen LogP contribution in [-0.4, -0.2) is 29.7 Å². The summed E-state index contributed by atoms with van der Waals surface area (Å²) in [5.74, 6) is -4.83. The average molecular weight is 244 g/mol. The van der Waals surface area contributed by atoms with Crippen LogP contribution in [0.25, 0.3) is 0 Å². The molecule has 94 valence electrons. The van der Waals surface area contributed by atoms with Crippen molar-refractivity contribution in [2.75, 3.05) is 6.61 Å². The number of alkyl halides is 2. The highest BCUT2D eigenvalue weighted by atomic mass is 19.3. The second-order valence-corrected chi connectivity index (χ2v) is 3.58. The smallest absolute Gasteiger partial charge is 0.341 e. The van der Waals surface area contributed by atoms with Crippen molar-refractivity contribution in [2.45, 2.75) is 25.4 Å². The maximum atomic E-state index is 13.5. The first-order valence-electron chi connectivity index (χ1n) is 5.24. The average Bonchev–Trinajstić information content (AvgIpc) is 2.29. The molecule has 1 unspecified atom stereocenters. The van der Waals surface area contributed by atoms with Gasteiger partial charge in [0.05, 0.1) is 6.61 Å². The van der Waals surface area contributed by atoms with Crippen LogP contribution < -0.4 is 0 Å². The quantitative estimate of drug-likeness (QED) is 0.803. The third-order valence-electron chi connectivity index (χ3n) is 2.19. The first kappa shape index (κ1) is 13.6. The summed E-state index contributed by atoms with van der Waals surface area (Å²) in [5.41, 5.74) is 0.348. The summed E-state index contributed by atoms with van der Waals surface area (Å²) in [6.07, 6.45) is -3.13. The third-order valence-corrected chi connectivity index (χ3v) is 2.19. The number of aliphatic hydroxyl groups excluding tert-OH is 1. The largest absolute Gasteiger partial charge is 0.464 e. The van der Waals surface area contributed by atoms with Crippen molar-refractivity contribution in [2.24, 2.45) is 0 Å². The lowest BCUT2D eigenvalue weighted by molar-refractivity contribution is -0.176. The molecule has 0 aliphatic rings. The van der Waals surface area contributed by atoms with Crippen LogP contribution in [0, 0.1) is 0 Å². The first-order chi connectivity index (χ1) is 7.97. The molecule has 0 aliphatic heterocycles. The van der Waals surface area contributed by atoms with Crippen LogP contribution >= 0.6 is 0 Å². The van der Waals surface area contributed by atoms with Crippen LogP contribution in [-0.2, 0) is 16.0 Å². The summed E-state index contributed by atoms with van der Waals surface area (Å²) in [7, 11) is 0. The molecule has 0 heterocycles. The van der Waals surface area contributed by atoms with Gasteiger partial charge in [-0.1, -0.05) is 30.3 Å². The number of aliphatic hydroxyl groups is 1. The van der Waals surface area contributed by atoms with E-state index in [-0.39, 0.29) is 6.61 Å². The number of hydrogen-bond acceptors (Lipinski definition) is 3. The molecule has 5 heteroatoms. The Morgan fingerprint density at radius 3 is 2.53 bits per heavy atom. The number of ether oxygens (including phenoxy) is 1. The second kappa shape index (κ2) is 5.72. The molecular weight excluding hydrogens is 230 g/mol. The molecule has 0 fully saturated rings. The van der Waals surface area contributed by atoms with Crippen LogP contribution in [0.5, 0.6) is 0 Å². The lowest BCUT2D eigenvalue weighted by atomic mass is 10.0. The maximum Gasteiger partial charge on any atom is 0.341 e. The zero-order valence-corrected chi connectivity index (χ0v) is 9.40. The lowest BCUT2D eigenvalue weighted by Gasteiger charge is -2.21. The number of halogens is 2. The van der Waals surface area contributed by atoms with E-state index >= 15 is 0 Å². The Balaban J connectivity index is 2.71. The number of rotatable bonds is 5. The third kappa shape index (κ3) is 3.78. The van der Waals surface area contributed by atoms with Gasteiger partial charge in [-0.25, -0.2) is 13.6 Å². The molecular formula is C12H14F2O3. The minimum atomic E-state index is -3.53. The fraction of sp³-hybridized carbons (Fsp3) is 0.417. The van der Waals surface area contributed by atoms with Crippen LogP contribution in [0.3, 0.4) is 0 Å². The summed E-state index contributed by atoms with van der Waals surface area (Å²) >= 11 is 0. The second-order valence-electron chi connectivity index (χ2n) is 3.58. The molecule has 3 nitrogen and oxygen atoms in total. The highest BCUT2D eigenvalue weighted by Crippen LogP contribution is 2.25. The van der Waals surface area contributed by atoms with Gasteiger partial charge < -0.3 is 9.84 Å². The van der Waals surface area contributed by atoms with Gasteiger partial charge in [-0.05, 0) is 12.5 Å². The molecule has 1 atom stereocenters. The molecule has 0 aliphatic carbocycles. The standard InChI is InChI=1S/C12H14F2O3/c1-2-17-11(16)10(15)12(13,14)8-9-6-4-3-5-7-9/h3-7,10,15H,2,8H2,1H3. The highest BCUT2D eigenvalue weighted by Gasteiger charge is 2.44. The zero-order valence-electron chi connectivity index (χ0n) is 9.40. The van der Waals surface area contributed by atoms with Crippen molar-refractivity contribution in [3.05, 3.63) is 35.9 Å². The molecule has 0 amide bonds. The van der Waals surface area contributed by atoms with Gasteiger partial charge in [0.1, 0.15) is 0 Å². The summed E-state index contributed by atoms with van der Waals surface area (Å²) in [6.45, 7) is 1.44. The fourth-order valence-electron chi connectivity index (χ4n) is 1.36. The normalized spacial score (nSPS) is 13.2. The Morgan fingerprint density at radius 2 is 2.00 bits per heavy atom. The molecule has 17 heavy (non-hydrogen) atoms. The molecule has 0 saturated carbocycles. The number of benzene rings is 1. The Labute approximate surface area is 98.0 Å². The number of carbonyl (C=O) groups is 1. The molecule has 1 aromatic carbocycles. The SMILES string of the molecule is CCOC(=O)C(O)C(F)(F)Cc1ccccc1. The molecule has 0 bridgehead atoms.